The number of amides is 1. The largest absolute Gasteiger partial charge is 0.445 e. The summed E-state index contributed by atoms with van der Waals surface area (Å²) >= 11 is 0. The van der Waals surface area contributed by atoms with E-state index in [9.17, 15) is 4.79 Å². The summed E-state index contributed by atoms with van der Waals surface area (Å²) in [6.45, 7) is 7.06. The smallest absolute Gasteiger partial charge is 0.407 e. The van der Waals surface area contributed by atoms with Crippen LogP contribution in [0.15, 0.2) is 23.8 Å². The number of carbonyl (C=O) groups is 1. The predicted molar refractivity (Wildman–Crippen MR) is 67.4 cm³/mol. The highest BCUT2D eigenvalue weighted by Gasteiger charge is 2.02. The van der Waals surface area contributed by atoms with Gasteiger partial charge in [-0.2, -0.15) is 0 Å². The van der Waals surface area contributed by atoms with Gasteiger partial charge >= 0.3 is 6.09 Å². The molecule has 0 heterocycles. The Balaban J connectivity index is 0.00000106. The lowest BCUT2D eigenvalue weighted by atomic mass is 10.1. The molecule has 0 spiro atoms. The molecule has 1 amide bonds. The molecule has 0 bridgehead atoms. The minimum atomic E-state index is -0.327. The third-order valence-electron chi connectivity index (χ3n) is 1.96. The lowest BCUT2D eigenvalue weighted by molar-refractivity contribution is 0.156. The van der Waals surface area contributed by atoms with Crippen LogP contribution in [-0.4, -0.2) is 19.2 Å². The molecule has 0 saturated carbocycles. The zero-order valence-electron chi connectivity index (χ0n) is 10.6. The third-order valence-corrected chi connectivity index (χ3v) is 1.96. The van der Waals surface area contributed by atoms with Crippen LogP contribution in [0.4, 0.5) is 4.79 Å². The number of alkyl carbamates (subject to hydrolysis) is 1. The van der Waals surface area contributed by atoms with Crippen molar-refractivity contribution < 1.29 is 9.53 Å². The Labute approximate surface area is 98.6 Å². The lowest BCUT2D eigenvalue weighted by Gasteiger charge is -2.08. The first-order valence-electron chi connectivity index (χ1n) is 6.09. The van der Waals surface area contributed by atoms with Gasteiger partial charge in [-0.1, -0.05) is 39.0 Å². The summed E-state index contributed by atoms with van der Waals surface area (Å²) in [5.74, 6) is 0. The summed E-state index contributed by atoms with van der Waals surface area (Å²) in [7, 11) is 0. The Bertz CT molecular complexity index is 244. The van der Waals surface area contributed by atoms with E-state index >= 15 is 0 Å². The van der Waals surface area contributed by atoms with Gasteiger partial charge in [0.2, 0.25) is 0 Å². The molecule has 1 rings (SSSR count). The Hall–Kier alpha value is -1.25. The van der Waals surface area contributed by atoms with Crippen molar-refractivity contribution in [1.29, 1.82) is 0 Å². The van der Waals surface area contributed by atoms with Crippen molar-refractivity contribution >= 4 is 6.09 Å². The van der Waals surface area contributed by atoms with Gasteiger partial charge in [0.25, 0.3) is 0 Å². The zero-order valence-corrected chi connectivity index (χ0v) is 10.6. The molecule has 0 radical (unpaired) electrons. The summed E-state index contributed by atoms with van der Waals surface area (Å²) in [6, 6.07) is 0. The highest BCUT2D eigenvalue weighted by molar-refractivity contribution is 5.67. The van der Waals surface area contributed by atoms with E-state index in [1.165, 1.54) is 0 Å². The number of hydrogen-bond acceptors (Lipinski definition) is 2. The van der Waals surface area contributed by atoms with Crippen LogP contribution in [0, 0.1) is 0 Å². The molecule has 1 aliphatic rings. The normalized spacial score (nSPS) is 13.3. The molecule has 1 aliphatic carbocycles. The minimum Gasteiger partial charge on any atom is -0.445 e. The first-order chi connectivity index (χ1) is 7.83. The first-order valence-corrected chi connectivity index (χ1v) is 6.09. The number of hydrogen-bond donors (Lipinski definition) is 1. The van der Waals surface area contributed by atoms with Gasteiger partial charge in [0.15, 0.2) is 0 Å². The van der Waals surface area contributed by atoms with E-state index in [1.807, 2.05) is 26.8 Å². The molecule has 0 aliphatic heterocycles. The van der Waals surface area contributed by atoms with Crippen LogP contribution in [0.2, 0.25) is 0 Å². The van der Waals surface area contributed by atoms with Crippen LogP contribution >= 0.6 is 0 Å². The van der Waals surface area contributed by atoms with Gasteiger partial charge in [-0.15, -0.1) is 0 Å². The first kappa shape index (κ1) is 14.8. The highest BCUT2D eigenvalue weighted by atomic mass is 16.5. The molecule has 16 heavy (non-hydrogen) atoms. The standard InChI is InChI=1S/C11H17NO2.C2H6/c1-2-8-12-11(13)14-9-10-6-4-3-5-7-10;1-2/h4,6-7H,2-3,5,8-9H2,1H3,(H,12,13);1-2H3. The summed E-state index contributed by atoms with van der Waals surface area (Å²) < 4.78 is 5.01. The van der Waals surface area contributed by atoms with Crippen molar-refractivity contribution in [3.63, 3.8) is 0 Å². The summed E-state index contributed by atoms with van der Waals surface area (Å²) in [6.07, 6.45) is 8.95. The Kier molecular flexibility index (Phi) is 9.47. The van der Waals surface area contributed by atoms with Crippen molar-refractivity contribution in [3.05, 3.63) is 23.8 Å². The fourth-order valence-electron chi connectivity index (χ4n) is 1.20. The zero-order chi connectivity index (χ0) is 12.2. The summed E-state index contributed by atoms with van der Waals surface area (Å²) in [4.78, 5) is 11.1. The second kappa shape index (κ2) is 10.3. The van der Waals surface area contributed by atoms with E-state index in [2.05, 4.69) is 17.5 Å². The number of carbonyl (C=O) groups excluding carboxylic acids is 1. The fraction of sp³-hybridized carbons (Fsp3) is 0.615. The Morgan fingerprint density at radius 1 is 1.44 bits per heavy atom. The van der Waals surface area contributed by atoms with Gasteiger partial charge in [0.05, 0.1) is 0 Å². The van der Waals surface area contributed by atoms with Gasteiger partial charge in [0.1, 0.15) is 6.61 Å². The molecule has 3 nitrogen and oxygen atoms in total. The van der Waals surface area contributed by atoms with Gasteiger partial charge in [-0.25, -0.2) is 4.79 Å². The average Bonchev–Trinajstić information content (AvgIpc) is 2.37. The van der Waals surface area contributed by atoms with Gasteiger partial charge in [-0.3, -0.25) is 0 Å². The molecular weight excluding hydrogens is 202 g/mol. The molecule has 0 fully saturated rings. The van der Waals surface area contributed by atoms with Crippen LogP contribution in [0.1, 0.15) is 40.0 Å². The van der Waals surface area contributed by atoms with Crippen LogP contribution in [0.5, 0.6) is 0 Å². The van der Waals surface area contributed by atoms with E-state index in [1.54, 1.807) is 0 Å². The Morgan fingerprint density at radius 3 is 2.75 bits per heavy atom. The lowest BCUT2D eigenvalue weighted by Crippen LogP contribution is -2.25. The summed E-state index contributed by atoms with van der Waals surface area (Å²) in [5.41, 5.74) is 1.09. The summed E-state index contributed by atoms with van der Waals surface area (Å²) in [5, 5.41) is 2.66. The number of allylic oxidation sites excluding steroid dienone is 2. The third kappa shape index (κ3) is 7.10. The molecule has 0 aromatic carbocycles. The van der Waals surface area contributed by atoms with Gasteiger partial charge in [-0.05, 0) is 24.8 Å². The topological polar surface area (TPSA) is 38.3 Å². The van der Waals surface area contributed by atoms with E-state index < -0.39 is 0 Å². The van der Waals surface area contributed by atoms with Crippen molar-refractivity contribution in [3.8, 4) is 0 Å². The minimum absolute atomic E-state index is 0.327. The number of ether oxygens (including phenoxy) is 1. The second-order valence-electron chi connectivity index (χ2n) is 3.26. The molecule has 0 aromatic heterocycles. The van der Waals surface area contributed by atoms with E-state index in [-0.39, 0.29) is 6.09 Å². The molecule has 0 unspecified atom stereocenters. The molecule has 0 atom stereocenters. The van der Waals surface area contributed by atoms with Crippen molar-refractivity contribution in [2.75, 3.05) is 13.2 Å². The highest BCUT2D eigenvalue weighted by Crippen LogP contribution is 2.09. The SMILES string of the molecule is CC.CCCNC(=O)OCC1=CCCC=C1. The number of rotatable bonds is 4. The van der Waals surface area contributed by atoms with E-state index in [0.717, 1.165) is 24.8 Å². The van der Waals surface area contributed by atoms with Crippen LogP contribution in [0.3, 0.4) is 0 Å². The van der Waals surface area contributed by atoms with Crippen LogP contribution < -0.4 is 5.32 Å². The molecular formula is C13H23NO2. The van der Waals surface area contributed by atoms with E-state index in [4.69, 9.17) is 4.74 Å². The monoisotopic (exact) mass is 225 g/mol. The molecule has 0 aromatic rings. The molecule has 0 saturated heterocycles. The number of nitrogens with one attached hydrogen (secondary N) is 1. The second-order valence-corrected chi connectivity index (χ2v) is 3.26. The van der Waals surface area contributed by atoms with Crippen LogP contribution in [-0.2, 0) is 4.74 Å². The van der Waals surface area contributed by atoms with Crippen molar-refractivity contribution in [1.82, 2.24) is 5.32 Å². The molecule has 92 valence electrons. The average molecular weight is 225 g/mol. The van der Waals surface area contributed by atoms with Gasteiger partial charge < -0.3 is 10.1 Å². The van der Waals surface area contributed by atoms with Crippen LogP contribution in [0.25, 0.3) is 0 Å². The fourth-order valence-corrected chi connectivity index (χ4v) is 1.20. The quantitative estimate of drug-likeness (QED) is 0.796. The maximum atomic E-state index is 11.1. The van der Waals surface area contributed by atoms with E-state index in [0.29, 0.717) is 13.2 Å². The van der Waals surface area contributed by atoms with Gasteiger partial charge in [0, 0.05) is 6.54 Å². The van der Waals surface area contributed by atoms with Crippen molar-refractivity contribution in [2.24, 2.45) is 0 Å². The predicted octanol–water partition coefficient (Wildman–Crippen LogP) is 3.43. The van der Waals surface area contributed by atoms with Crippen molar-refractivity contribution in [2.45, 2.75) is 40.0 Å². The maximum absolute atomic E-state index is 11.1. The Morgan fingerprint density at radius 2 is 2.19 bits per heavy atom. The molecule has 3 heteroatoms. The maximum Gasteiger partial charge on any atom is 0.407 e. The molecule has 1 N–H and O–H groups in total.